The Morgan fingerprint density at radius 2 is 1.95 bits per heavy atom. The third-order valence-corrected chi connectivity index (χ3v) is 4.28. The van der Waals surface area contributed by atoms with E-state index in [1.54, 1.807) is 12.1 Å². The van der Waals surface area contributed by atoms with Gasteiger partial charge in [0.1, 0.15) is 5.82 Å². The van der Waals surface area contributed by atoms with E-state index in [0.29, 0.717) is 35.3 Å². The lowest BCUT2D eigenvalue weighted by atomic mass is 10.1. The van der Waals surface area contributed by atoms with Crippen LogP contribution in [0.4, 0.5) is 4.39 Å². The Morgan fingerprint density at radius 3 is 2.68 bits per heavy atom. The van der Waals surface area contributed by atoms with Gasteiger partial charge in [-0.25, -0.2) is 4.39 Å². The van der Waals surface area contributed by atoms with E-state index in [9.17, 15) is 9.18 Å². The minimum absolute atomic E-state index is 0.0129. The normalized spacial score (nSPS) is 10.5. The van der Waals surface area contributed by atoms with Crippen molar-refractivity contribution in [3.63, 3.8) is 0 Å². The summed E-state index contributed by atoms with van der Waals surface area (Å²) in [6, 6.07) is 12.4. The molecule has 0 radical (unpaired) electrons. The fourth-order valence-electron chi connectivity index (χ4n) is 2.08. The Hall–Kier alpha value is -1.39. The van der Waals surface area contributed by atoms with E-state index in [-0.39, 0.29) is 11.7 Å². The van der Waals surface area contributed by atoms with Crippen molar-refractivity contribution < 1.29 is 9.18 Å². The van der Waals surface area contributed by atoms with Crippen molar-refractivity contribution in [3.05, 3.63) is 68.9 Å². The number of halogens is 3. The molecule has 0 saturated heterocycles. The summed E-state index contributed by atoms with van der Waals surface area (Å²) in [7, 11) is 0. The third-order valence-electron chi connectivity index (χ3n) is 3.30. The molecule has 0 saturated carbocycles. The van der Waals surface area contributed by atoms with Crippen LogP contribution < -0.4 is 5.32 Å². The predicted octanol–water partition coefficient (Wildman–Crippen LogP) is 4.53. The lowest BCUT2D eigenvalue weighted by Crippen LogP contribution is -2.25. The summed E-state index contributed by atoms with van der Waals surface area (Å²) in [5, 5.41) is 3.55. The van der Waals surface area contributed by atoms with Crippen LogP contribution in [0.2, 0.25) is 5.02 Å². The summed E-state index contributed by atoms with van der Waals surface area (Å²) in [6.07, 6.45) is 1.68. The van der Waals surface area contributed by atoms with E-state index in [4.69, 9.17) is 11.6 Å². The van der Waals surface area contributed by atoms with Crippen LogP contribution in [0.1, 0.15) is 17.5 Å². The van der Waals surface area contributed by atoms with Crippen molar-refractivity contribution in [2.75, 3.05) is 6.54 Å². The van der Waals surface area contributed by atoms with Crippen molar-refractivity contribution in [1.82, 2.24) is 5.32 Å². The second-order valence-electron chi connectivity index (χ2n) is 4.94. The van der Waals surface area contributed by atoms with Gasteiger partial charge in [-0.2, -0.15) is 0 Å². The first-order chi connectivity index (χ1) is 10.6. The van der Waals surface area contributed by atoms with Gasteiger partial charge in [-0.15, -0.1) is 0 Å². The molecule has 0 bridgehead atoms. The summed E-state index contributed by atoms with van der Waals surface area (Å²) in [5.74, 6) is -0.298. The summed E-state index contributed by atoms with van der Waals surface area (Å²) >= 11 is 9.20. The molecule has 1 N–H and O–H groups in total. The molecule has 2 rings (SSSR count). The minimum Gasteiger partial charge on any atom is -0.356 e. The molecule has 2 aromatic carbocycles. The molecule has 0 aliphatic rings. The molecular weight excluding hydrogens is 369 g/mol. The maximum absolute atomic E-state index is 13.1. The van der Waals surface area contributed by atoms with Crippen LogP contribution in [0.25, 0.3) is 0 Å². The quantitative estimate of drug-likeness (QED) is 0.779. The van der Waals surface area contributed by atoms with Crippen LogP contribution in [0, 0.1) is 5.82 Å². The molecule has 0 aliphatic heterocycles. The Kier molecular flexibility index (Phi) is 6.40. The van der Waals surface area contributed by atoms with Crippen molar-refractivity contribution in [1.29, 1.82) is 0 Å². The second-order valence-corrected chi connectivity index (χ2v) is 6.20. The van der Waals surface area contributed by atoms with Gasteiger partial charge in [-0.1, -0.05) is 35.9 Å². The van der Waals surface area contributed by atoms with Gasteiger partial charge in [0, 0.05) is 18.0 Å². The van der Waals surface area contributed by atoms with Gasteiger partial charge in [0.05, 0.1) is 4.47 Å². The highest BCUT2D eigenvalue weighted by Crippen LogP contribution is 2.17. The van der Waals surface area contributed by atoms with E-state index < -0.39 is 0 Å². The number of carbonyl (C=O) groups excluding carboxylic acids is 1. The van der Waals surface area contributed by atoms with Gasteiger partial charge in [0.25, 0.3) is 0 Å². The first kappa shape index (κ1) is 17.0. The SMILES string of the molecule is O=C(CCc1ccccc1Cl)NCCc1ccc(F)c(Br)c1. The molecule has 0 heterocycles. The Labute approximate surface area is 142 Å². The van der Waals surface area contributed by atoms with Crippen molar-refractivity contribution in [2.24, 2.45) is 0 Å². The van der Waals surface area contributed by atoms with Crippen LogP contribution in [-0.4, -0.2) is 12.5 Å². The van der Waals surface area contributed by atoms with Crippen molar-refractivity contribution in [2.45, 2.75) is 19.3 Å². The Bertz CT molecular complexity index is 663. The molecule has 0 atom stereocenters. The fourth-order valence-corrected chi connectivity index (χ4v) is 2.74. The molecule has 2 aromatic rings. The van der Waals surface area contributed by atoms with Gasteiger partial charge in [-0.05, 0) is 58.1 Å². The fraction of sp³-hybridized carbons (Fsp3) is 0.235. The highest BCUT2D eigenvalue weighted by atomic mass is 79.9. The smallest absolute Gasteiger partial charge is 0.220 e. The molecule has 5 heteroatoms. The topological polar surface area (TPSA) is 29.1 Å². The van der Waals surface area contributed by atoms with Crippen LogP contribution in [0.3, 0.4) is 0 Å². The number of aryl methyl sites for hydroxylation is 1. The largest absolute Gasteiger partial charge is 0.356 e. The molecule has 1 amide bonds. The molecule has 0 spiro atoms. The third kappa shape index (κ3) is 5.11. The lowest BCUT2D eigenvalue weighted by Gasteiger charge is -2.07. The highest BCUT2D eigenvalue weighted by molar-refractivity contribution is 9.10. The number of nitrogens with one attached hydrogen (secondary N) is 1. The van der Waals surface area contributed by atoms with Gasteiger partial charge in [0.15, 0.2) is 0 Å². The van der Waals surface area contributed by atoms with Crippen molar-refractivity contribution >= 4 is 33.4 Å². The maximum Gasteiger partial charge on any atom is 0.220 e. The number of hydrogen-bond acceptors (Lipinski definition) is 1. The van der Waals surface area contributed by atoms with Gasteiger partial charge < -0.3 is 5.32 Å². The molecular formula is C17H16BrClFNO. The Morgan fingerprint density at radius 1 is 1.18 bits per heavy atom. The molecule has 0 fully saturated rings. The molecule has 22 heavy (non-hydrogen) atoms. The molecule has 2 nitrogen and oxygen atoms in total. The average Bonchev–Trinajstić information content (AvgIpc) is 2.50. The average molecular weight is 385 g/mol. The van der Waals surface area contributed by atoms with Gasteiger partial charge >= 0.3 is 0 Å². The standard InChI is InChI=1S/C17H16BrClFNO/c18-14-11-12(5-7-16(14)20)9-10-21-17(22)8-6-13-3-1-2-4-15(13)19/h1-5,7,11H,6,8-10H2,(H,21,22). The van der Waals surface area contributed by atoms with Crippen LogP contribution in [-0.2, 0) is 17.6 Å². The molecule has 116 valence electrons. The zero-order valence-electron chi connectivity index (χ0n) is 11.9. The predicted molar refractivity (Wildman–Crippen MR) is 90.6 cm³/mol. The maximum atomic E-state index is 13.1. The highest BCUT2D eigenvalue weighted by Gasteiger charge is 2.05. The summed E-state index contributed by atoms with van der Waals surface area (Å²) < 4.78 is 13.6. The van der Waals surface area contributed by atoms with Gasteiger partial charge in [-0.3, -0.25) is 4.79 Å². The van der Waals surface area contributed by atoms with Crippen molar-refractivity contribution in [3.8, 4) is 0 Å². The number of carbonyl (C=O) groups is 1. The molecule has 0 aliphatic carbocycles. The zero-order chi connectivity index (χ0) is 15.9. The van der Waals surface area contributed by atoms with E-state index in [2.05, 4.69) is 21.2 Å². The van der Waals surface area contributed by atoms with E-state index in [1.165, 1.54) is 6.07 Å². The first-order valence-corrected chi connectivity index (χ1v) is 8.17. The summed E-state index contributed by atoms with van der Waals surface area (Å²) in [5.41, 5.74) is 1.95. The summed E-state index contributed by atoms with van der Waals surface area (Å²) in [4.78, 5) is 11.8. The van der Waals surface area contributed by atoms with Gasteiger partial charge in [0.2, 0.25) is 5.91 Å². The van der Waals surface area contributed by atoms with E-state index in [1.807, 2.05) is 24.3 Å². The Balaban J connectivity index is 1.74. The number of amides is 1. The van der Waals surface area contributed by atoms with E-state index in [0.717, 1.165) is 11.1 Å². The number of rotatable bonds is 6. The first-order valence-electron chi connectivity index (χ1n) is 7.00. The summed E-state index contributed by atoms with van der Waals surface area (Å²) in [6.45, 7) is 0.527. The van der Waals surface area contributed by atoms with Crippen LogP contribution in [0.5, 0.6) is 0 Å². The van der Waals surface area contributed by atoms with Crippen LogP contribution >= 0.6 is 27.5 Å². The van der Waals surface area contributed by atoms with Crippen LogP contribution in [0.15, 0.2) is 46.9 Å². The second kappa shape index (κ2) is 8.30. The number of hydrogen-bond donors (Lipinski definition) is 1. The molecule has 0 aromatic heterocycles. The van der Waals surface area contributed by atoms with E-state index >= 15 is 0 Å². The number of benzene rings is 2. The minimum atomic E-state index is -0.285. The molecule has 0 unspecified atom stereocenters. The lowest BCUT2D eigenvalue weighted by molar-refractivity contribution is -0.121. The monoisotopic (exact) mass is 383 g/mol. The zero-order valence-corrected chi connectivity index (χ0v) is 14.3.